The highest BCUT2D eigenvalue weighted by Gasteiger charge is 2.35. The Morgan fingerprint density at radius 1 is 0.488 bits per heavy atom. The van der Waals surface area contributed by atoms with Crippen molar-refractivity contribution in [2.24, 2.45) is 0 Å². The van der Waals surface area contributed by atoms with Crippen LogP contribution in [-0.2, 0) is 0 Å². The highest BCUT2D eigenvalue weighted by molar-refractivity contribution is 6.99. The van der Waals surface area contributed by atoms with Crippen molar-refractivity contribution in [3.63, 3.8) is 0 Å². The van der Waals surface area contributed by atoms with E-state index in [1.165, 1.54) is 129 Å². The second kappa shape index (κ2) is 18.2. The van der Waals surface area contributed by atoms with Gasteiger partial charge in [-0.1, -0.05) is 163 Å². The van der Waals surface area contributed by atoms with E-state index in [0.717, 1.165) is 37.6 Å². The Hall–Kier alpha value is -2.68. The molecule has 0 spiro atoms. The standard InChI is InChI=1S/C40H57BO2/c1-5-7-9-11-13-15-17-22-26-42-39-30-35-36-31-40(43-27-23-18-16-14-12-10-8-6-2)33(4)29-38(36)41(37(35)28-32(39)3)34-24-20-19-21-25-34/h19-21,24-25,28-31H,5-18,22-23,26-27H2,1-4H3. The third-order valence-corrected chi connectivity index (χ3v) is 9.25. The average molecular weight is 581 g/mol. The zero-order chi connectivity index (χ0) is 30.3. The summed E-state index contributed by atoms with van der Waals surface area (Å²) < 4.78 is 12.8. The molecule has 1 aliphatic rings. The van der Waals surface area contributed by atoms with Crippen LogP contribution in [-0.4, -0.2) is 19.9 Å². The second-order valence-electron chi connectivity index (χ2n) is 12.9. The lowest BCUT2D eigenvalue weighted by atomic mass is 9.39. The summed E-state index contributed by atoms with van der Waals surface area (Å²) >= 11 is 0. The molecule has 2 nitrogen and oxygen atoms in total. The zero-order valence-corrected chi connectivity index (χ0v) is 27.8. The number of aryl methyl sites for hydroxylation is 2. The first-order valence-electron chi connectivity index (χ1n) is 17.7. The molecule has 3 aromatic rings. The van der Waals surface area contributed by atoms with Crippen molar-refractivity contribution in [3.8, 4) is 22.6 Å². The summed E-state index contributed by atoms with van der Waals surface area (Å²) in [5.41, 5.74) is 9.19. The molecule has 232 valence electrons. The van der Waals surface area contributed by atoms with Crippen molar-refractivity contribution in [1.82, 2.24) is 0 Å². The molecule has 1 heterocycles. The minimum absolute atomic E-state index is 0.243. The molecule has 0 radical (unpaired) electrons. The highest BCUT2D eigenvalue weighted by atomic mass is 16.5. The molecule has 0 atom stereocenters. The third kappa shape index (κ3) is 9.66. The van der Waals surface area contributed by atoms with Gasteiger partial charge in [0.25, 0.3) is 0 Å². The van der Waals surface area contributed by atoms with Gasteiger partial charge in [-0.05, 0) is 61.1 Å². The summed E-state index contributed by atoms with van der Waals surface area (Å²) in [6.45, 7) is 10.8. The van der Waals surface area contributed by atoms with E-state index < -0.39 is 0 Å². The van der Waals surface area contributed by atoms with E-state index in [2.05, 4.69) is 82.3 Å². The van der Waals surface area contributed by atoms with Crippen LogP contribution in [0.3, 0.4) is 0 Å². The van der Waals surface area contributed by atoms with Crippen LogP contribution in [0.2, 0.25) is 0 Å². The lowest BCUT2D eigenvalue weighted by molar-refractivity contribution is 0.302. The van der Waals surface area contributed by atoms with Gasteiger partial charge < -0.3 is 9.47 Å². The van der Waals surface area contributed by atoms with Crippen molar-refractivity contribution < 1.29 is 9.47 Å². The fourth-order valence-electron chi connectivity index (χ4n) is 6.68. The van der Waals surface area contributed by atoms with Crippen molar-refractivity contribution in [1.29, 1.82) is 0 Å². The van der Waals surface area contributed by atoms with Gasteiger partial charge in [0.15, 0.2) is 0 Å². The molecule has 0 saturated heterocycles. The second-order valence-corrected chi connectivity index (χ2v) is 12.9. The van der Waals surface area contributed by atoms with Crippen molar-refractivity contribution >= 4 is 23.1 Å². The van der Waals surface area contributed by atoms with Crippen LogP contribution in [0.4, 0.5) is 0 Å². The Kier molecular flexibility index (Phi) is 14.1. The molecular formula is C40H57BO2. The van der Waals surface area contributed by atoms with Crippen LogP contribution in [0.15, 0.2) is 54.6 Å². The molecule has 0 aromatic heterocycles. The molecule has 0 aliphatic carbocycles. The van der Waals surface area contributed by atoms with Gasteiger partial charge in [-0.15, -0.1) is 0 Å². The lowest BCUT2D eigenvalue weighted by Gasteiger charge is -2.14. The molecule has 4 rings (SSSR count). The largest absolute Gasteiger partial charge is 0.493 e. The first-order chi connectivity index (χ1) is 21.1. The molecular weight excluding hydrogens is 523 g/mol. The maximum Gasteiger partial charge on any atom is 0.242 e. The zero-order valence-electron chi connectivity index (χ0n) is 27.8. The van der Waals surface area contributed by atoms with E-state index in [4.69, 9.17) is 9.47 Å². The summed E-state index contributed by atoms with van der Waals surface area (Å²) in [5.74, 6) is 2.06. The first-order valence-corrected chi connectivity index (χ1v) is 17.7. The summed E-state index contributed by atoms with van der Waals surface area (Å²) in [7, 11) is 0. The molecule has 0 N–H and O–H groups in total. The van der Waals surface area contributed by atoms with Crippen molar-refractivity contribution in [2.45, 2.75) is 130 Å². The Morgan fingerprint density at radius 2 is 0.884 bits per heavy atom. The summed E-state index contributed by atoms with van der Waals surface area (Å²) in [4.78, 5) is 0. The van der Waals surface area contributed by atoms with Gasteiger partial charge in [0.1, 0.15) is 11.5 Å². The molecule has 0 saturated carbocycles. The van der Waals surface area contributed by atoms with Gasteiger partial charge in [0, 0.05) is 0 Å². The van der Waals surface area contributed by atoms with Crippen LogP contribution in [0.5, 0.6) is 11.5 Å². The molecule has 0 bridgehead atoms. The number of fused-ring (bicyclic) bond motifs is 3. The number of hydrogen-bond donors (Lipinski definition) is 0. The predicted molar refractivity (Wildman–Crippen MR) is 189 cm³/mol. The molecule has 0 amide bonds. The summed E-state index contributed by atoms with van der Waals surface area (Å²) in [6.07, 6.45) is 21.1. The average Bonchev–Trinajstić information content (AvgIpc) is 3.31. The lowest BCUT2D eigenvalue weighted by Crippen LogP contribution is -2.49. The van der Waals surface area contributed by atoms with E-state index in [-0.39, 0.29) is 6.71 Å². The van der Waals surface area contributed by atoms with E-state index in [9.17, 15) is 0 Å². The van der Waals surface area contributed by atoms with Crippen molar-refractivity contribution in [3.05, 3.63) is 65.7 Å². The van der Waals surface area contributed by atoms with Crippen LogP contribution >= 0.6 is 0 Å². The van der Waals surface area contributed by atoms with E-state index in [1.807, 2.05) is 0 Å². The molecule has 3 heteroatoms. The van der Waals surface area contributed by atoms with Gasteiger partial charge in [-0.3, -0.25) is 0 Å². The number of ether oxygens (including phenoxy) is 2. The maximum atomic E-state index is 6.42. The van der Waals surface area contributed by atoms with Gasteiger partial charge in [0.05, 0.1) is 13.2 Å². The topological polar surface area (TPSA) is 18.5 Å². The van der Waals surface area contributed by atoms with Crippen LogP contribution in [0, 0.1) is 13.8 Å². The van der Waals surface area contributed by atoms with Crippen LogP contribution in [0.25, 0.3) is 11.1 Å². The number of rotatable bonds is 21. The quantitative estimate of drug-likeness (QED) is 0.0721. The number of unbranched alkanes of at least 4 members (excludes halogenated alkanes) is 14. The molecule has 0 unspecified atom stereocenters. The van der Waals surface area contributed by atoms with E-state index in [0.29, 0.717) is 0 Å². The molecule has 43 heavy (non-hydrogen) atoms. The van der Waals surface area contributed by atoms with Gasteiger partial charge in [0.2, 0.25) is 6.71 Å². The Morgan fingerprint density at radius 3 is 1.30 bits per heavy atom. The smallest absolute Gasteiger partial charge is 0.242 e. The SMILES string of the molecule is CCCCCCCCCCOc1cc2c(cc1C)B(c1ccccc1)c1cc(C)c(OCCCCCCCCCC)cc1-2. The predicted octanol–water partition coefficient (Wildman–Crippen LogP) is 9.84. The minimum Gasteiger partial charge on any atom is -0.493 e. The highest BCUT2D eigenvalue weighted by Crippen LogP contribution is 2.33. The molecule has 3 aromatic carbocycles. The van der Waals surface area contributed by atoms with Crippen molar-refractivity contribution in [2.75, 3.05) is 13.2 Å². The fourth-order valence-corrected chi connectivity index (χ4v) is 6.68. The Balaban J connectivity index is 1.43. The molecule has 0 fully saturated rings. The number of benzene rings is 3. The van der Waals surface area contributed by atoms with E-state index >= 15 is 0 Å². The monoisotopic (exact) mass is 580 g/mol. The summed E-state index contributed by atoms with van der Waals surface area (Å²) in [6, 6.07) is 20.4. The van der Waals surface area contributed by atoms with E-state index in [1.54, 1.807) is 0 Å². The van der Waals surface area contributed by atoms with Crippen LogP contribution < -0.4 is 25.9 Å². The molecule has 1 aliphatic heterocycles. The maximum absolute atomic E-state index is 6.42. The summed E-state index contributed by atoms with van der Waals surface area (Å²) in [5, 5.41) is 0. The van der Waals surface area contributed by atoms with Gasteiger partial charge in [-0.25, -0.2) is 0 Å². The van der Waals surface area contributed by atoms with Gasteiger partial charge in [-0.2, -0.15) is 0 Å². The third-order valence-electron chi connectivity index (χ3n) is 9.25. The minimum atomic E-state index is 0.243. The van der Waals surface area contributed by atoms with Crippen LogP contribution in [0.1, 0.15) is 128 Å². The first kappa shape index (κ1) is 33.2. The number of hydrogen-bond acceptors (Lipinski definition) is 2. The van der Waals surface area contributed by atoms with Gasteiger partial charge >= 0.3 is 0 Å². The Labute approximate surface area is 264 Å². The normalized spacial score (nSPS) is 12.0. The Bertz CT molecular complexity index is 1160. The fraction of sp³-hybridized carbons (Fsp3) is 0.550.